The number of likely N-dealkylation sites (tertiary alicyclic amines) is 1. The molecule has 1 aliphatic heterocycles. The Labute approximate surface area is 99.3 Å². The smallest absolute Gasteiger partial charge is 0.147 e. The molecular formula is C11H24N2O2S. The molecule has 1 N–H and O–H groups in total. The maximum Gasteiger partial charge on any atom is 0.147 e. The Kier molecular flexibility index (Phi) is 6.31. The van der Waals surface area contributed by atoms with E-state index in [1.807, 2.05) is 0 Å². The van der Waals surface area contributed by atoms with Crippen LogP contribution >= 0.6 is 0 Å². The van der Waals surface area contributed by atoms with Gasteiger partial charge in [-0.3, -0.25) is 0 Å². The van der Waals surface area contributed by atoms with E-state index in [4.69, 9.17) is 0 Å². The van der Waals surface area contributed by atoms with Gasteiger partial charge in [-0.25, -0.2) is 8.42 Å². The van der Waals surface area contributed by atoms with Gasteiger partial charge in [0.05, 0.1) is 5.75 Å². The zero-order valence-corrected chi connectivity index (χ0v) is 11.1. The quantitative estimate of drug-likeness (QED) is 0.635. The topological polar surface area (TPSA) is 49.4 Å². The lowest BCUT2D eigenvalue weighted by atomic mass is 10.3. The Bertz CT molecular complexity index is 272. The molecule has 1 rings (SSSR count). The maximum atomic E-state index is 10.9. The molecule has 5 heteroatoms. The van der Waals surface area contributed by atoms with E-state index in [0.29, 0.717) is 5.75 Å². The molecule has 0 bridgehead atoms. The van der Waals surface area contributed by atoms with Crippen LogP contribution in [0, 0.1) is 0 Å². The van der Waals surface area contributed by atoms with Gasteiger partial charge in [0.25, 0.3) is 0 Å². The third kappa shape index (κ3) is 7.19. The second-order valence-corrected chi connectivity index (χ2v) is 6.90. The zero-order chi connectivity index (χ0) is 11.9. The number of hydrogen-bond acceptors (Lipinski definition) is 4. The van der Waals surface area contributed by atoms with Crippen LogP contribution < -0.4 is 5.32 Å². The van der Waals surface area contributed by atoms with Crippen molar-refractivity contribution in [1.29, 1.82) is 0 Å². The van der Waals surface area contributed by atoms with E-state index in [9.17, 15) is 8.42 Å². The molecule has 0 aliphatic carbocycles. The van der Waals surface area contributed by atoms with Crippen LogP contribution in [0.2, 0.25) is 0 Å². The van der Waals surface area contributed by atoms with E-state index in [1.54, 1.807) is 0 Å². The Morgan fingerprint density at radius 3 is 2.38 bits per heavy atom. The van der Waals surface area contributed by atoms with Crippen molar-refractivity contribution in [2.45, 2.75) is 25.7 Å². The lowest BCUT2D eigenvalue weighted by molar-refractivity contribution is 0.331. The molecule has 0 radical (unpaired) electrons. The van der Waals surface area contributed by atoms with Gasteiger partial charge in [0.1, 0.15) is 9.84 Å². The number of sulfone groups is 1. The summed E-state index contributed by atoms with van der Waals surface area (Å²) in [4.78, 5) is 2.50. The molecular weight excluding hydrogens is 224 g/mol. The molecule has 1 heterocycles. The van der Waals surface area contributed by atoms with Crippen LogP contribution in [0.4, 0.5) is 0 Å². The van der Waals surface area contributed by atoms with Crippen LogP contribution in [0.3, 0.4) is 0 Å². The van der Waals surface area contributed by atoms with Crippen LogP contribution in [-0.2, 0) is 9.84 Å². The summed E-state index contributed by atoms with van der Waals surface area (Å²) in [5, 5.41) is 3.29. The molecule has 0 amide bonds. The highest BCUT2D eigenvalue weighted by molar-refractivity contribution is 7.90. The van der Waals surface area contributed by atoms with Crippen LogP contribution in [0.15, 0.2) is 0 Å². The minimum atomic E-state index is -2.78. The molecule has 0 atom stereocenters. The lowest BCUT2D eigenvalue weighted by Gasteiger charge is -2.14. The first-order valence-electron chi connectivity index (χ1n) is 6.19. The molecule has 1 aliphatic rings. The van der Waals surface area contributed by atoms with Gasteiger partial charge in [-0.15, -0.1) is 0 Å². The molecule has 0 aromatic heterocycles. The summed E-state index contributed by atoms with van der Waals surface area (Å²) in [6.07, 6.45) is 5.88. The number of hydrogen-bond donors (Lipinski definition) is 1. The number of rotatable bonds is 8. The largest absolute Gasteiger partial charge is 0.317 e. The Hall–Kier alpha value is -0.130. The van der Waals surface area contributed by atoms with Crippen LogP contribution in [0.25, 0.3) is 0 Å². The van der Waals surface area contributed by atoms with Gasteiger partial charge in [0, 0.05) is 6.26 Å². The van der Waals surface area contributed by atoms with Crippen LogP contribution in [0.5, 0.6) is 0 Å². The molecule has 0 spiro atoms. The van der Waals surface area contributed by atoms with Crippen molar-refractivity contribution in [2.75, 3.05) is 44.7 Å². The molecule has 1 saturated heterocycles. The molecule has 4 nitrogen and oxygen atoms in total. The standard InChI is InChI=1S/C11H24N2O2S/c1-16(14,15)11-5-7-12-6-4-10-13-8-2-3-9-13/h12H,2-11H2,1H3. The van der Waals surface area contributed by atoms with E-state index < -0.39 is 9.84 Å². The van der Waals surface area contributed by atoms with Crippen LogP contribution in [-0.4, -0.2) is 58.1 Å². The summed E-state index contributed by atoms with van der Waals surface area (Å²) in [6.45, 7) is 5.51. The fourth-order valence-corrected chi connectivity index (χ4v) is 2.69. The monoisotopic (exact) mass is 248 g/mol. The van der Waals surface area contributed by atoms with E-state index in [-0.39, 0.29) is 0 Å². The predicted molar refractivity (Wildman–Crippen MR) is 67.5 cm³/mol. The van der Waals surface area contributed by atoms with Crippen LogP contribution in [0.1, 0.15) is 25.7 Å². The molecule has 0 aromatic carbocycles. The Morgan fingerprint density at radius 1 is 1.12 bits per heavy atom. The Balaban J connectivity index is 1.84. The fourth-order valence-electron chi connectivity index (χ4n) is 2.02. The molecule has 1 fully saturated rings. The summed E-state index contributed by atoms with van der Waals surface area (Å²) in [6, 6.07) is 0. The molecule has 0 unspecified atom stereocenters. The molecule has 0 saturated carbocycles. The second-order valence-electron chi connectivity index (χ2n) is 4.64. The van der Waals surface area contributed by atoms with Crippen molar-refractivity contribution in [3.63, 3.8) is 0 Å². The van der Waals surface area contributed by atoms with Crippen molar-refractivity contribution in [3.8, 4) is 0 Å². The van der Waals surface area contributed by atoms with Gasteiger partial charge >= 0.3 is 0 Å². The third-order valence-corrected chi connectivity index (χ3v) is 3.93. The highest BCUT2D eigenvalue weighted by Gasteiger charge is 2.09. The summed E-state index contributed by atoms with van der Waals surface area (Å²) < 4.78 is 21.7. The average molecular weight is 248 g/mol. The third-order valence-electron chi connectivity index (χ3n) is 2.90. The van der Waals surface area contributed by atoms with E-state index in [2.05, 4.69) is 10.2 Å². The fraction of sp³-hybridized carbons (Fsp3) is 1.00. The number of nitrogens with one attached hydrogen (secondary N) is 1. The summed E-state index contributed by atoms with van der Waals surface area (Å²) in [5.74, 6) is 0.298. The zero-order valence-electron chi connectivity index (χ0n) is 10.2. The van der Waals surface area contributed by atoms with Crippen molar-refractivity contribution in [3.05, 3.63) is 0 Å². The molecule has 0 aromatic rings. The maximum absolute atomic E-state index is 10.9. The minimum absolute atomic E-state index is 0.298. The average Bonchev–Trinajstić information content (AvgIpc) is 2.67. The summed E-state index contributed by atoms with van der Waals surface area (Å²) in [7, 11) is -2.78. The van der Waals surface area contributed by atoms with Gasteiger partial charge in [0.15, 0.2) is 0 Å². The highest BCUT2D eigenvalue weighted by atomic mass is 32.2. The second kappa shape index (κ2) is 7.25. The van der Waals surface area contributed by atoms with Crippen molar-refractivity contribution >= 4 is 9.84 Å². The van der Waals surface area contributed by atoms with Gasteiger partial charge in [0.2, 0.25) is 0 Å². The van der Waals surface area contributed by atoms with Crippen molar-refractivity contribution in [2.24, 2.45) is 0 Å². The van der Waals surface area contributed by atoms with Crippen molar-refractivity contribution in [1.82, 2.24) is 10.2 Å². The minimum Gasteiger partial charge on any atom is -0.317 e. The van der Waals surface area contributed by atoms with Gasteiger partial charge in [-0.05, 0) is 58.4 Å². The van der Waals surface area contributed by atoms with Gasteiger partial charge < -0.3 is 10.2 Å². The van der Waals surface area contributed by atoms with E-state index >= 15 is 0 Å². The molecule has 16 heavy (non-hydrogen) atoms. The van der Waals surface area contributed by atoms with Gasteiger partial charge in [-0.1, -0.05) is 0 Å². The SMILES string of the molecule is CS(=O)(=O)CCCNCCCN1CCCC1. The predicted octanol–water partition coefficient (Wildman–Crippen LogP) is 0.497. The molecule has 96 valence electrons. The summed E-state index contributed by atoms with van der Waals surface area (Å²) >= 11 is 0. The van der Waals surface area contributed by atoms with Crippen molar-refractivity contribution < 1.29 is 8.42 Å². The summed E-state index contributed by atoms with van der Waals surface area (Å²) in [5.41, 5.74) is 0. The van der Waals surface area contributed by atoms with E-state index in [1.165, 1.54) is 45.2 Å². The first-order chi connectivity index (χ1) is 7.58. The lowest BCUT2D eigenvalue weighted by Crippen LogP contribution is -2.25. The Morgan fingerprint density at radius 2 is 1.75 bits per heavy atom. The number of nitrogens with zero attached hydrogens (tertiary/aromatic N) is 1. The van der Waals surface area contributed by atoms with Gasteiger partial charge in [-0.2, -0.15) is 0 Å². The normalized spacial score (nSPS) is 18.1. The van der Waals surface area contributed by atoms with E-state index in [0.717, 1.165) is 19.5 Å². The first-order valence-corrected chi connectivity index (χ1v) is 8.25. The first kappa shape index (κ1) is 13.9. The highest BCUT2D eigenvalue weighted by Crippen LogP contribution is 2.06.